The van der Waals surface area contributed by atoms with Crippen LogP contribution in [0.1, 0.15) is 23.1 Å². The van der Waals surface area contributed by atoms with E-state index in [9.17, 15) is 13.6 Å². The molecular weight excluding hydrogens is 372 g/mol. The molecular formula is C20H18ClF2N3O. The number of fused-ring (bicyclic) bond motifs is 1. The Hall–Kier alpha value is -2.73. The van der Waals surface area contributed by atoms with Crippen molar-refractivity contribution in [3.05, 3.63) is 77.1 Å². The van der Waals surface area contributed by atoms with E-state index in [1.54, 1.807) is 12.1 Å². The van der Waals surface area contributed by atoms with Gasteiger partial charge in [0.15, 0.2) is 0 Å². The number of hydrogen-bond donors (Lipinski definition) is 0. The summed E-state index contributed by atoms with van der Waals surface area (Å²) in [4.78, 5) is 18.7. The van der Waals surface area contributed by atoms with E-state index in [0.29, 0.717) is 17.4 Å². The average Bonchev–Trinajstić information content (AvgIpc) is 2.99. The molecule has 3 aromatic rings. The molecule has 0 bridgehead atoms. The lowest BCUT2D eigenvalue weighted by molar-refractivity contribution is 0.0752. The minimum absolute atomic E-state index is 0.126. The first-order chi connectivity index (χ1) is 12.9. The van der Waals surface area contributed by atoms with Gasteiger partial charge < -0.3 is 9.47 Å². The third-order valence-electron chi connectivity index (χ3n) is 4.23. The van der Waals surface area contributed by atoms with Gasteiger partial charge in [-0.15, -0.1) is 6.58 Å². The van der Waals surface area contributed by atoms with Crippen molar-refractivity contribution >= 4 is 28.5 Å². The van der Waals surface area contributed by atoms with Crippen LogP contribution >= 0.6 is 11.6 Å². The number of hydrogen-bond acceptors (Lipinski definition) is 2. The molecule has 0 fully saturated rings. The van der Waals surface area contributed by atoms with E-state index in [4.69, 9.17) is 11.6 Å². The summed E-state index contributed by atoms with van der Waals surface area (Å²) < 4.78 is 29.5. The first kappa shape index (κ1) is 19.0. The van der Waals surface area contributed by atoms with Crippen LogP contribution in [0, 0.1) is 11.6 Å². The normalized spacial score (nSPS) is 11.0. The number of benzene rings is 2. The Morgan fingerprint density at radius 2 is 2.07 bits per heavy atom. The van der Waals surface area contributed by atoms with Crippen LogP contribution in [-0.2, 0) is 13.1 Å². The molecule has 0 spiro atoms. The summed E-state index contributed by atoms with van der Waals surface area (Å²) >= 11 is 6.08. The summed E-state index contributed by atoms with van der Waals surface area (Å²) in [7, 11) is 0. The molecule has 4 nitrogen and oxygen atoms in total. The number of carbonyl (C=O) groups excluding carboxylic acids is 1. The molecule has 0 atom stereocenters. The Labute approximate surface area is 160 Å². The number of aryl methyl sites for hydroxylation is 1. The van der Waals surface area contributed by atoms with Gasteiger partial charge in [-0.3, -0.25) is 4.79 Å². The summed E-state index contributed by atoms with van der Waals surface area (Å²) in [6.07, 6.45) is 1.53. The maximum absolute atomic E-state index is 14.0. The second-order valence-corrected chi connectivity index (χ2v) is 6.44. The number of nitrogens with zero attached hydrogens (tertiary/aromatic N) is 3. The summed E-state index contributed by atoms with van der Waals surface area (Å²) in [6, 6.07) is 8.18. The van der Waals surface area contributed by atoms with Gasteiger partial charge in [-0.2, -0.15) is 0 Å². The van der Waals surface area contributed by atoms with Crippen LogP contribution in [0.15, 0.2) is 49.1 Å². The highest BCUT2D eigenvalue weighted by molar-refractivity contribution is 6.31. The van der Waals surface area contributed by atoms with Gasteiger partial charge in [-0.1, -0.05) is 17.7 Å². The first-order valence-electron chi connectivity index (χ1n) is 8.44. The molecule has 0 saturated carbocycles. The lowest BCUT2D eigenvalue weighted by atomic mass is 10.1. The van der Waals surface area contributed by atoms with E-state index in [2.05, 4.69) is 11.6 Å². The minimum atomic E-state index is -0.772. The number of carbonyl (C=O) groups is 1. The minimum Gasteiger partial charge on any atom is -0.327 e. The quantitative estimate of drug-likeness (QED) is 0.567. The monoisotopic (exact) mass is 389 g/mol. The highest BCUT2D eigenvalue weighted by Gasteiger charge is 2.22. The zero-order valence-corrected chi connectivity index (χ0v) is 15.5. The van der Waals surface area contributed by atoms with Gasteiger partial charge in [0.1, 0.15) is 17.5 Å². The molecule has 7 heteroatoms. The molecule has 0 radical (unpaired) electrons. The second-order valence-electron chi connectivity index (χ2n) is 6.00. The van der Waals surface area contributed by atoms with Crippen molar-refractivity contribution in [3.63, 3.8) is 0 Å². The van der Waals surface area contributed by atoms with Crippen molar-refractivity contribution in [1.29, 1.82) is 0 Å². The lowest BCUT2D eigenvalue weighted by Gasteiger charge is -2.21. The van der Waals surface area contributed by atoms with Crippen molar-refractivity contribution in [2.24, 2.45) is 0 Å². The Kier molecular flexibility index (Phi) is 5.56. The SMILES string of the molecule is C=CCN(Cc1nc2ccc(Cl)cc2n1CC)C(=O)c1cc(F)ccc1F. The summed E-state index contributed by atoms with van der Waals surface area (Å²) in [5.41, 5.74) is 1.28. The molecule has 27 heavy (non-hydrogen) atoms. The maximum Gasteiger partial charge on any atom is 0.257 e. The van der Waals surface area contributed by atoms with Gasteiger partial charge in [0, 0.05) is 18.1 Å². The van der Waals surface area contributed by atoms with Crippen molar-refractivity contribution in [2.75, 3.05) is 6.54 Å². The van der Waals surface area contributed by atoms with Crippen LogP contribution in [0.4, 0.5) is 8.78 Å². The Bertz CT molecular complexity index is 1020. The molecule has 1 aromatic heterocycles. The number of halogens is 3. The van der Waals surface area contributed by atoms with Crippen molar-refractivity contribution in [3.8, 4) is 0 Å². The maximum atomic E-state index is 14.0. The molecule has 3 rings (SSSR count). The third-order valence-corrected chi connectivity index (χ3v) is 4.47. The van der Waals surface area contributed by atoms with Gasteiger partial charge in [-0.05, 0) is 43.3 Å². The number of amides is 1. The predicted molar refractivity (Wildman–Crippen MR) is 102 cm³/mol. The molecule has 140 valence electrons. The van der Waals surface area contributed by atoms with E-state index in [-0.39, 0.29) is 18.7 Å². The van der Waals surface area contributed by atoms with Gasteiger partial charge in [-0.25, -0.2) is 13.8 Å². The van der Waals surface area contributed by atoms with Crippen molar-refractivity contribution in [1.82, 2.24) is 14.5 Å². The standard InChI is InChI=1S/C20H18ClF2N3O/c1-3-9-25(20(27)15-11-14(22)6-7-16(15)23)12-19-24-17-8-5-13(21)10-18(17)26(19)4-2/h3,5-8,10-11H,1,4,9,12H2,2H3. The largest absolute Gasteiger partial charge is 0.327 e. The zero-order chi connectivity index (χ0) is 19.6. The Balaban J connectivity index is 1.99. The topological polar surface area (TPSA) is 38.1 Å². The van der Waals surface area contributed by atoms with Crippen LogP contribution in [0.3, 0.4) is 0 Å². The molecule has 0 aliphatic heterocycles. The fourth-order valence-electron chi connectivity index (χ4n) is 3.00. The Morgan fingerprint density at radius 3 is 2.78 bits per heavy atom. The van der Waals surface area contributed by atoms with E-state index >= 15 is 0 Å². The van der Waals surface area contributed by atoms with Gasteiger partial charge in [0.05, 0.1) is 23.1 Å². The van der Waals surface area contributed by atoms with Crippen LogP contribution in [0.5, 0.6) is 0 Å². The van der Waals surface area contributed by atoms with Crippen LogP contribution < -0.4 is 0 Å². The zero-order valence-electron chi connectivity index (χ0n) is 14.8. The van der Waals surface area contributed by atoms with Gasteiger partial charge in [0.25, 0.3) is 5.91 Å². The molecule has 0 aliphatic rings. The van der Waals surface area contributed by atoms with Crippen molar-refractivity contribution in [2.45, 2.75) is 20.0 Å². The van der Waals surface area contributed by atoms with E-state index in [1.807, 2.05) is 17.6 Å². The number of rotatable bonds is 6. The molecule has 0 N–H and O–H groups in total. The van der Waals surface area contributed by atoms with Crippen LogP contribution in [-0.4, -0.2) is 26.9 Å². The lowest BCUT2D eigenvalue weighted by Crippen LogP contribution is -2.32. The predicted octanol–water partition coefficient (Wildman–Crippen LogP) is 4.82. The van der Waals surface area contributed by atoms with E-state index < -0.39 is 17.5 Å². The van der Waals surface area contributed by atoms with Crippen LogP contribution in [0.25, 0.3) is 11.0 Å². The fourth-order valence-corrected chi connectivity index (χ4v) is 3.16. The Morgan fingerprint density at radius 1 is 1.30 bits per heavy atom. The molecule has 1 amide bonds. The second kappa shape index (κ2) is 7.88. The van der Waals surface area contributed by atoms with Crippen LogP contribution in [0.2, 0.25) is 5.02 Å². The summed E-state index contributed by atoms with van der Waals surface area (Å²) in [5.74, 6) is -1.44. The van der Waals surface area contributed by atoms with Gasteiger partial charge in [0.2, 0.25) is 0 Å². The smallest absolute Gasteiger partial charge is 0.257 e. The highest BCUT2D eigenvalue weighted by atomic mass is 35.5. The third kappa shape index (κ3) is 3.85. The summed E-state index contributed by atoms with van der Waals surface area (Å²) in [6.45, 7) is 6.52. The molecule has 0 saturated heterocycles. The highest BCUT2D eigenvalue weighted by Crippen LogP contribution is 2.22. The molecule has 2 aromatic carbocycles. The fraction of sp³-hybridized carbons (Fsp3) is 0.200. The average molecular weight is 390 g/mol. The number of imidazole rings is 1. The first-order valence-corrected chi connectivity index (χ1v) is 8.82. The molecule has 0 unspecified atom stereocenters. The summed E-state index contributed by atoms with van der Waals surface area (Å²) in [5, 5.41) is 0.588. The van der Waals surface area contributed by atoms with Crippen molar-refractivity contribution < 1.29 is 13.6 Å². The molecule has 1 heterocycles. The number of aromatic nitrogens is 2. The van der Waals surface area contributed by atoms with E-state index in [0.717, 1.165) is 29.2 Å². The van der Waals surface area contributed by atoms with Gasteiger partial charge >= 0.3 is 0 Å². The van der Waals surface area contributed by atoms with E-state index in [1.165, 1.54) is 11.0 Å². The molecule has 0 aliphatic carbocycles.